The number of aliphatic hydroxyl groups excluding tert-OH is 1. The molecule has 0 amide bonds. The smallest absolute Gasteiger partial charge is 0.121 e. The minimum atomic E-state index is -0.432. The number of ether oxygens (including phenoxy) is 1. The quantitative estimate of drug-likeness (QED) is 0.877. The van der Waals surface area contributed by atoms with Gasteiger partial charge >= 0.3 is 0 Å². The molecule has 3 nitrogen and oxygen atoms in total. The fraction of sp³-hybridized carbons (Fsp3) is 0.625. The van der Waals surface area contributed by atoms with Gasteiger partial charge in [-0.1, -0.05) is 19.4 Å². The Balaban J connectivity index is 2.10. The number of aryl methyl sites for hydroxylation is 1. The van der Waals surface area contributed by atoms with Crippen LogP contribution in [-0.2, 0) is 0 Å². The van der Waals surface area contributed by atoms with E-state index < -0.39 is 6.10 Å². The van der Waals surface area contributed by atoms with Crippen molar-refractivity contribution in [1.29, 1.82) is 0 Å². The lowest BCUT2D eigenvalue weighted by Gasteiger charge is -2.33. The summed E-state index contributed by atoms with van der Waals surface area (Å²) < 4.78 is 5.26. The van der Waals surface area contributed by atoms with Gasteiger partial charge in [-0.2, -0.15) is 0 Å². The van der Waals surface area contributed by atoms with Gasteiger partial charge < -0.3 is 15.2 Å². The second-order valence-electron chi connectivity index (χ2n) is 5.53. The summed E-state index contributed by atoms with van der Waals surface area (Å²) in [6.07, 6.45) is 3.05. The molecule has 1 heterocycles. The fourth-order valence-corrected chi connectivity index (χ4v) is 2.96. The lowest BCUT2D eigenvalue weighted by atomic mass is 9.86. The molecule has 0 saturated carbocycles. The lowest BCUT2D eigenvalue weighted by molar-refractivity contribution is 0.0978. The van der Waals surface area contributed by atoms with Gasteiger partial charge in [0.25, 0.3) is 0 Å². The van der Waals surface area contributed by atoms with E-state index >= 15 is 0 Å². The van der Waals surface area contributed by atoms with Crippen LogP contribution in [0.4, 0.5) is 0 Å². The lowest BCUT2D eigenvalue weighted by Crippen LogP contribution is -2.42. The van der Waals surface area contributed by atoms with Gasteiger partial charge in [-0.15, -0.1) is 0 Å². The number of nitrogens with one attached hydrogen (secondary N) is 1. The number of hydrogen-bond donors (Lipinski definition) is 2. The first kappa shape index (κ1) is 14.4. The van der Waals surface area contributed by atoms with Crippen molar-refractivity contribution in [2.24, 2.45) is 5.92 Å². The molecule has 1 fully saturated rings. The van der Waals surface area contributed by atoms with Crippen molar-refractivity contribution in [3.05, 3.63) is 29.3 Å². The second-order valence-corrected chi connectivity index (χ2v) is 5.53. The topological polar surface area (TPSA) is 41.5 Å². The van der Waals surface area contributed by atoms with Crippen LogP contribution in [0.5, 0.6) is 5.75 Å². The Morgan fingerprint density at radius 2 is 2.26 bits per heavy atom. The van der Waals surface area contributed by atoms with E-state index in [2.05, 4.69) is 12.2 Å². The van der Waals surface area contributed by atoms with E-state index in [-0.39, 0.29) is 6.04 Å². The van der Waals surface area contributed by atoms with Crippen LogP contribution >= 0.6 is 0 Å². The van der Waals surface area contributed by atoms with E-state index in [0.717, 1.165) is 35.8 Å². The highest BCUT2D eigenvalue weighted by Crippen LogP contribution is 2.29. The Labute approximate surface area is 116 Å². The molecule has 0 aliphatic carbocycles. The maximum atomic E-state index is 10.5. The van der Waals surface area contributed by atoms with Crippen LogP contribution in [0.3, 0.4) is 0 Å². The van der Waals surface area contributed by atoms with Crippen LogP contribution in [-0.4, -0.2) is 24.8 Å². The summed E-state index contributed by atoms with van der Waals surface area (Å²) in [4.78, 5) is 0. The van der Waals surface area contributed by atoms with E-state index in [4.69, 9.17) is 4.74 Å². The minimum Gasteiger partial charge on any atom is -0.496 e. The molecule has 3 unspecified atom stereocenters. The Bertz CT molecular complexity index is 419. The number of rotatable bonds is 4. The Morgan fingerprint density at radius 3 is 2.89 bits per heavy atom. The molecule has 2 rings (SSSR count). The van der Waals surface area contributed by atoms with E-state index in [9.17, 15) is 5.11 Å². The number of aliphatic hydroxyl groups is 1. The van der Waals surface area contributed by atoms with Crippen molar-refractivity contribution >= 4 is 0 Å². The molecule has 3 heteroatoms. The van der Waals surface area contributed by atoms with Gasteiger partial charge in [0, 0.05) is 6.04 Å². The highest BCUT2D eigenvalue weighted by molar-refractivity contribution is 5.37. The zero-order valence-corrected chi connectivity index (χ0v) is 12.1. The fourth-order valence-electron chi connectivity index (χ4n) is 2.96. The SMILES string of the molecule is CCC1CCNC(C(O)c2ccc(OC)c(C)c2)C1. The predicted molar refractivity (Wildman–Crippen MR) is 77.5 cm³/mol. The number of methoxy groups -OCH3 is 1. The third kappa shape index (κ3) is 3.28. The summed E-state index contributed by atoms with van der Waals surface area (Å²) in [5, 5.41) is 14.0. The zero-order valence-electron chi connectivity index (χ0n) is 12.1. The predicted octanol–water partition coefficient (Wildman–Crippen LogP) is 2.82. The highest BCUT2D eigenvalue weighted by atomic mass is 16.5. The summed E-state index contributed by atoms with van der Waals surface area (Å²) in [6, 6.07) is 6.11. The summed E-state index contributed by atoms with van der Waals surface area (Å²) in [5.41, 5.74) is 2.05. The summed E-state index contributed by atoms with van der Waals surface area (Å²) in [7, 11) is 1.67. The minimum absolute atomic E-state index is 0.173. The number of hydrogen-bond acceptors (Lipinski definition) is 3. The Kier molecular flexibility index (Phi) is 4.83. The van der Waals surface area contributed by atoms with E-state index in [1.807, 2.05) is 25.1 Å². The molecule has 0 bridgehead atoms. The first-order valence-electron chi connectivity index (χ1n) is 7.21. The first-order valence-corrected chi connectivity index (χ1v) is 7.21. The van der Waals surface area contributed by atoms with Gasteiger partial charge in [0.1, 0.15) is 5.75 Å². The van der Waals surface area contributed by atoms with E-state index in [1.165, 1.54) is 12.8 Å². The maximum Gasteiger partial charge on any atom is 0.121 e. The average Bonchev–Trinajstić information content (AvgIpc) is 2.46. The maximum absolute atomic E-state index is 10.5. The van der Waals surface area contributed by atoms with Crippen LogP contribution in [0.25, 0.3) is 0 Å². The van der Waals surface area contributed by atoms with Crippen LogP contribution < -0.4 is 10.1 Å². The van der Waals surface area contributed by atoms with Crippen molar-refractivity contribution in [2.45, 2.75) is 45.3 Å². The van der Waals surface area contributed by atoms with Crippen LogP contribution in [0.2, 0.25) is 0 Å². The first-order chi connectivity index (χ1) is 9.15. The van der Waals surface area contributed by atoms with E-state index in [0.29, 0.717) is 0 Å². The molecule has 1 aromatic rings. The standard InChI is InChI=1S/C16H25NO2/c1-4-12-7-8-17-14(10-12)16(18)13-5-6-15(19-3)11(2)9-13/h5-6,9,12,14,16-18H,4,7-8,10H2,1-3H3. The molecular weight excluding hydrogens is 238 g/mol. The molecular formula is C16H25NO2. The molecule has 19 heavy (non-hydrogen) atoms. The van der Waals surface area contributed by atoms with Crippen molar-refractivity contribution in [2.75, 3.05) is 13.7 Å². The van der Waals surface area contributed by atoms with Crippen molar-refractivity contribution in [3.63, 3.8) is 0 Å². The van der Waals surface area contributed by atoms with Gasteiger partial charge in [-0.3, -0.25) is 0 Å². The highest BCUT2D eigenvalue weighted by Gasteiger charge is 2.27. The molecule has 0 aromatic heterocycles. The molecule has 0 radical (unpaired) electrons. The van der Waals surface area contributed by atoms with Crippen molar-refractivity contribution in [3.8, 4) is 5.75 Å². The van der Waals surface area contributed by atoms with Crippen LogP contribution in [0, 0.1) is 12.8 Å². The third-order valence-corrected chi connectivity index (χ3v) is 4.27. The van der Waals surface area contributed by atoms with Gasteiger partial charge in [-0.05, 0) is 55.5 Å². The normalized spacial score (nSPS) is 25.1. The van der Waals surface area contributed by atoms with Crippen molar-refractivity contribution in [1.82, 2.24) is 5.32 Å². The summed E-state index contributed by atoms with van der Waals surface area (Å²) in [5.74, 6) is 1.61. The molecule has 0 spiro atoms. The molecule has 1 aromatic carbocycles. The molecule has 106 valence electrons. The third-order valence-electron chi connectivity index (χ3n) is 4.27. The van der Waals surface area contributed by atoms with Crippen LogP contribution in [0.15, 0.2) is 18.2 Å². The van der Waals surface area contributed by atoms with Crippen LogP contribution in [0.1, 0.15) is 43.4 Å². The number of benzene rings is 1. The summed E-state index contributed by atoms with van der Waals surface area (Å²) in [6.45, 7) is 5.25. The Morgan fingerprint density at radius 1 is 1.47 bits per heavy atom. The monoisotopic (exact) mass is 263 g/mol. The number of piperidine rings is 1. The van der Waals surface area contributed by atoms with Crippen molar-refractivity contribution < 1.29 is 9.84 Å². The molecule has 1 aliphatic heterocycles. The largest absolute Gasteiger partial charge is 0.496 e. The average molecular weight is 263 g/mol. The van der Waals surface area contributed by atoms with E-state index in [1.54, 1.807) is 7.11 Å². The molecule has 1 aliphatic rings. The van der Waals surface area contributed by atoms with Gasteiger partial charge in [-0.25, -0.2) is 0 Å². The molecule has 1 saturated heterocycles. The Hall–Kier alpha value is -1.06. The van der Waals surface area contributed by atoms with Gasteiger partial charge in [0.05, 0.1) is 13.2 Å². The second kappa shape index (κ2) is 6.40. The molecule has 2 N–H and O–H groups in total. The van der Waals surface area contributed by atoms with Gasteiger partial charge in [0.2, 0.25) is 0 Å². The summed E-state index contributed by atoms with van der Waals surface area (Å²) >= 11 is 0. The molecule has 3 atom stereocenters. The zero-order chi connectivity index (χ0) is 13.8. The van der Waals surface area contributed by atoms with Gasteiger partial charge in [0.15, 0.2) is 0 Å².